The van der Waals surface area contributed by atoms with E-state index < -0.39 is 0 Å². The molecule has 0 heterocycles. The van der Waals surface area contributed by atoms with Gasteiger partial charge in [-0.05, 0) is 54.3 Å². The lowest BCUT2D eigenvalue weighted by Crippen LogP contribution is -2.44. The SMILES string of the molecule is CCC1(Nc2cc(F)c(I)cc2N)CCC1. The molecule has 0 saturated heterocycles. The van der Waals surface area contributed by atoms with Crippen LogP contribution >= 0.6 is 22.6 Å². The van der Waals surface area contributed by atoms with Crippen LogP contribution in [0.15, 0.2) is 12.1 Å². The van der Waals surface area contributed by atoms with E-state index in [-0.39, 0.29) is 11.4 Å². The van der Waals surface area contributed by atoms with Gasteiger partial charge in [-0.1, -0.05) is 6.92 Å². The first kappa shape index (κ1) is 12.0. The topological polar surface area (TPSA) is 38.0 Å². The third kappa shape index (κ3) is 2.12. The molecule has 0 aromatic heterocycles. The zero-order chi connectivity index (χ0) is 11.8. The van der Waals surface area contributed by atoms with Gasteiger partial charge in [0.25, 0.3) is 0 Å². The van der Waals surface area contributed by atoms with Crippen molar-refractivity contribution in [1.82, 2.24) is 0 Å². The third-order valence-electron chi connectivity index (χ3n) is 3.48. The Hall–Kier alpha value is -0.520. The van der Waals surface area contributed by atoms with Crippen molar-refractivity contribution in [3.8, 4) is 0 Å². The lowest BCUT2D eigenvalue weighted by atomic mass is 9.74. The van der Waals surface area contributed by atoms with Crippen LogP contribution in [0, 0.1) is 9.39 Å². The van der Waals surface area contributed by atoms with Crippen molar-refractivity contribution >= 4 is 34.0 Å². The van der Waals surface area contributed by atoms with Gasteiger partial charge in [0.2, 0.25) is 0 Å². The van der Waals surface area contributed by atoms with Crippen LogP contribution in [0.2, 0.25) is 0 Å². The predicted octanol–water partition coefficient (Wildman–Crippen LogP) is 3.76. The quantitative estimate of drug-likeness (QED) is 0.653. The minimum Gasteiger partial charge on any atom is -0.397 e. The maximum Gasteiger partial charge on any atom is 0.138 e. The van der Waals surface area contributed by atoms with Crippen LogP contribution in [0.25, 0.3) is 0 Å². The fourth-order valence-electron chi connectivity index (χ4n) is 2.13. The molecule has 0 unspecified atom stereocenters. The molecule has 16 heavy (non-hydrogen) atoms. The van der Waals surface area contributed by atoms with Gasteiger partial charge >= 0.3 is 0 Å². The van der Waals surface area contributed by atoms with Gasteiger partial charge in [0, 0.05) is 11.6 Å². The highest BCUT2D eigenvalue weighted by molar-refractivity contribution is 14.1. The van der Waals surface area contributed by atoms with E-state index in [9.17, 15) is 4.39 Å². The highest BCUT2D eigenvalue weighted by Crippen LogP contribution is 2.39. The Balaban J connectivity index is 2.24. The molecular weight excluding hydrogens is 318 g/mol. The molecule has 1 aliphatic carbocycles. The second kappa shape index (κ2) is 4.39. The van der Waals surface area contributed by atoms with Crippen LogP contribution in [0.5, 0.6) is 0 Å². The minimum absolute atomic E-state index is 0.146. The van der Waals surface area contributed by atoms with E-state index >= 15 is 0 Å². The average molecular weight is 334 g/mol. The van der Waals surface area contributed by atoms with E-state index in [0.717, 1.165) is 24.9 Å². The van der Waals surface area contributed by atoms with Gasteiger partial charge in [-0.15, -0.1) is 0 Å². The Morgan fingerprint density at radius 2 is 2.19 bits per heavy atom. The molecule has 1 aromatic rings. The van der Waals surface area contributed by atoms with E-state index in [1.165, 1.54) is 12.5 Å². The van der Waals surface area contributed by atoms with Crippen LogP contribution in [0.3, 0.4) is 0 Å². The molecule has 1 saturated carbocycles. The first-order chi connectivity index (χ1) is 7.56. The standard InChI is InChI=1S/C12H16FIN2/c1-2-12(4-3-5-12)16-11-6-8(13)9(14)7-10(11)15/h6-7,16H,2-5,15H2,1H3. The van der Waals surface area contributed by atoms with Crippen molar-refractivity contribution in [3.63, 3.8) is 0 Å². The summed E-state index contributed by atoms with van der Waals surface area (Å²) in [4.78, 5) is 0. The predicted molar refractivity (Wildman–Crippen MR) is 74.0 cm³/mol. The molecule has 2 nitrogen and oxygen atoms in total. The summed E-state index contributed by atoms with van der Waals surface area (Å²) in [5, 5.41) is 3.41. The van der Waals surface area contributed by atoms with Crippen molar-refractivity contribution in [2.24, 2.45) is 0 Å². The Bertz CT molecular complexity index is 397. The van der Waals surface area contributed by atoms with Gasteiger partial charge in [0.05, 0.1) is 14.9 Å². The van der Waals surface area contributed by atoms with E-state index in [4.69, 9.17) is 5.73 Å². The van der Waals surface area contributed by atoms with Gasteiger partial charge < -0.3 is 11.1 Å². The maximum atomic E-state index is 13.5. The van der Waals surface area contributed by atoms with E-state index in [1.54, 1.807) is 6.07 Å². The first-order valence-electron chi connectivity index (χ1n) is 5.59. The molecule has 0 spiro atoms. The number of benzene rings is 1. The fraction of sp³-hybridized carbons (Fsp3) is 0.500. The summed E-state index contributed by atoms with van der Waals surface area (Å²) >= 11 is 1.95. The molecule has 1 aromatic carbocycles. The summed E-state index contributed by atoms with van der Waals surface area (Å²) in [6, 6.07) is 3.19. The summed E-state index contributed by atoms with van der Waals surface area (Å²) in [5.41, 5.74) is 7.41. The zero-order valence-corrected chi connectivity index (χ0v) is 11.5. The van der Waals surface area contributed by atoms with Gasteiger partial charge in [0.1, 0.15) is 5.82 Å². The van der Waals surface area contributed by atoms with Crippen molar-refractivity contribution < 1.29 is 4.39 Å². The average Bonchev–Trinajstić information content (AvgIpc) is 2.19. The second-order valence-corrected chi connectivity index (χ2v) is 5.63. The summed E-state index contributed by atoms with van der Waals surface area (Å²) in [5.74, 6) is -0.206. The number of nitrogens with two attached hydrogens (primary N) is 1. The van der Waals surface area contributed by atoms with Crippen molar-refractivity contribution in [1.29, 1.82) is 0 Å². The molecule has 0 bridgehead atoms. The fourth-order valence-corrected chi connectivity index (χ4v) is 2.62. The molecule has 2 rings (SSSR count). The van der Waals surface area contributed by atoms with Crippen LogP contribution in [-0.4, -0.2) is 5.54 Å². The zero-order valence-electron chi connectivity index (χ0n) is 9.32. The summed E-state index contributed by atoms with van der Waals surface area (Å²) < 4.78 is 14.0. The molecule has 0 radical (unpaired) electrons. The van der Waals surface area contributed by atoms with Crippen molar-refractivity contribution in [3.05, 3.63) is 21.5 Å². The van der Waals surface area contributed by atoms with Crippen molar-refractivity contribution in [2.75, 3.05) is 11.1 Å². The molecule has 88 valence electrons. The van der Waals surface area contributed by atoms with Crippen LogP contribution in [0.4, 0.5) is 15.8 Å². The number of nitrogen functional groups attached to an aromatic ring is 1. The van der Waals surface area contributed by atoms with E-state index in [1.807, 2.05) is 22.6 Å². The summed E-state index contributed by atoms with van der Waals surface area (Å²) in [7, 11) is 0. The number of hydrogen-bond acceptors (Lipinski definition) is 2. The van der Waals surface area contributed by atoms with Crippen LogP contribution in [0.1, 0.15) is 32.6 Å². The summed E-state index contributed by atoms with van der Waals surface area (Å²) in [6.07, 6.45) is 4.60. The molecule has 3 N–H and O–H groups in total. The Labute approximate surface area is 109 Å². The van der Waals surface area contributed by atoms with Gasteiger partial charge in [-0.3, -0.25) is 0 Å². The van der Waals surface area contributed by atoms with Gasteiger partial charge in [0.15, 0.2) is 0 Å². The molecular formula is C12H16FIN2. The Morgan fingerprint density at radius 3 is 2.69 bits per heavy atom. The second-order valence-electron chi connectivity index (χ2n) is 4.47. The maximum absolute atomic E-state index is 13.5. The number of halogens is 2. The van der Waals surface area contributed by atoms with Crippen molar-refractivity contribution in [2.45, 2.75) is 38.1 Å². The largest absolute Gasteiger partial charge is 0.397 e. The van der Waals surface area contributed by atoms with Crippen LogP contribution < -0.4 is 11.1 Å². The number of nitrogens with one attached hydrogen (secondary N) is 1. The van der Waals surface area contributed by atoms with Crippen LogP contribution in [-0.2, 0) is 0 Å². The van der Waals surface area contributed by atoms with E-state index in [2.05, 4.69) is 12.2 Å². The minimum atomic E-state index is -0.206. The number of anilines is 2. The third-order valence-corrected chi connectivity index (χ3v) is 4.31. The van der Waals surface area contributed by atoms with Gasteiger partial charge in [-0.25, -0.2) is 4.39 Å². The van der Waals surface area contributed by atoms with E-state index in [0.29, 0.717) is 9.26 Å². The highest BCUT2D eigenvalue weighted by atomic mass is 127. The molecule has 0 aliphatic heterocycles. The van der Waals surface area contributed by atoms with Gasteiger partial charge in [-0.2, -0.15) is 0 Å². The summed E-state index contributed by atoms with van der Waals surface area (Å²) in [6.45, 7) is 2.16. The number of rotatable bonds is 3. The normalized spacial score (nSPS) is 17.9. The number of hydrogen-bond donors (Lipinski definition) is 2. The Kier molecular flexibility index (Phi) is 3.28. The monoisotopic (exact) mass is 334 g/mol. The first-order valence-corrected chi connectivity index (χ1v) is 6.67. The highest BCUT2D eigenvalue weighted by Gasteiger charge is 2.35. The lowest BCUT2D eigenvalue weighted by molar-refractivity contribution is 0.269. The lowest BCUT2D eigenvalue weighted by Gasteiger charge is -2.43. The Morgan fingerprint density at radius 1 is 1.50 bits per heavy atom. The molecule has 0 amide bonds. The molecule has 1 aliphatic rings. The molecule has 4 heteroatoms. The smallest absolute Gasteiger partial charge is 0.138 e. The molecule has 0 atom stereocenters. The molecule has 1 fully saturated rings.